The van der Waals surface area contributed by atoms with E-state index in [0.29, 0.717) is 24.7 Å². The van der Waals surface area contributed by atoms with Crippen LogP contribution in [-0.2, 0) is 20.7 Å². The molecule has 1 aliphatic heterocycles. The fourth-order valence-corrected chi connectivity index (χ4v) is 2.18. The first-order valence-corrected chi connectivity index (χ1v) is 8.18. The zero-order valence-electron chi connectivity index (χ0n) is 15.0. The number of hydrogen-bond donors (Lipinski definition) is 2. The van der Waals surface area contributed by atoms with Gasteiger partial charge >= 0.3 is 5.97 Å². The summed E-state index contributed by atoms with van der Waals surface area (Å²) >= 11 is 0. The Hall–Kier alpha value is -2.28. The van der Waals surface area contributed by atoms with E-state index in [-0.39, 0.29) is 18.9 Å². The number of esters is 1. The Morgan fingerprint density at radius 2 is 1.80 bits per heavy atom. The van der Waals surface area contributed by atoms with E-state index >= 15 is 0 Å². The lowest BCUT2D eigenvalue weighted by molar-refractivity contribution is -0.174. The highest BCUT2D eigenvalue weighted by Gasteiger charge is 2.35. The van der Waals surface area contributed by atoms with E-state index < -0.39 is 17.2 Å². The summed E-state index contributed by atoms with van der Waals surface area (Å²) < 4.78 is 16.1. The number of ether oxygens (including phenoxy) is 3. The molecule has 25 heavy (non-hydrogen) atoms. The van der Waals surface area contributed by atoms with Gasteiger partial charge in [0.1, 0.15) is 18.8 Å². The Bertz CT molecular complexity index is 647. The van der Waals surface area contributed by atoms with Gasteiger partial charge in [-0.15, -0.1) is 0 Å². The lowest BCUT2D eigenvalue weighted by Gasteiger charge is -2.27. The Kier molecular flexibility index (Phi) is 5.57. The summed E-state index contributed by atoms with van der Waals surface area (Å²) in [6.07, 6.45) is 0.0983. The molecule has 7 heteroatoms. The van der Waals surface area contributed by atoms with Crippen molar-refractivity contribution >= 4 is 11.9 Å². The number of amides is 1. The average molecular weight is 351 g/mol. The van der Waals surface area contributed by atoms with Gasteiger partial charge in [0.25, 0.3) is 0 Å². The molecule has 1 heterocycles. The van der Waals surface area contributed by atoms with Gasteiger partial charge in [-0.2, -0.15) is 0 Å². The van der Waals surface area contributed by atoms with Crippen LogP contribution in [0.25, 0.3) is 0 Å². The van der Waals surface area contributed by atoms with Gasteiger partial charge < -0.3 is 24.6 Å². The highest BCUT2D eigenvalue weighted by molar-refractivity contribution is 5.82. The molecule has 0 aromatic heterocycles. The topological polar surface area (TPSA) is 94.1 Å². The third-order valence-electron chi connectivity index (χ3n) is 3.44. The summed E-state index contributed by atoms with van der Waals surface area (Å²) in [6, 6.07) is 5.28. The van der Waals surface area contributed by atoms with Gasteiger partial charge in [-0.1, -0.05) is 6.07 Å². The van der Waals surface area contributed by atoms with E-state index in [1.165, 1.54) is 6.92 Å². The first-order chi connectivity index (χ1) is 11.6. The first kappa shape index (κ1) is 19.1. The van der Waals surface area contributed by atoms with E-state index in [0.717, 1.165) is 5.56 Å². The molecule has 1 amide bonds. The van der Waals surface area contributed by atoms with Crippen LogP contribution in [0, 0.1) is 0 Å². The summed E-state index contributed by atoms with van der Waals surface area (Å²) in [5, 5.41) is 12.7. The highest BCUT2D eigenvalue weighted by Crippen LogP contribution is 2.30. The average Bonchev–Trinajstić information content (AvgIpc) is 2.51. The van der Waals surface area contributed by atoms with Crippen LogP contribution in [0.5, 0.6) is 11.5 Å². The monoisotopic (exact) mass is 351 g/mol. The van der Waals surface area contributed by atoms with Crippen molar-refractivity contribution in [3.05, 3.63) is 23.8 Å². The maximum atomic E-state index is 12.1. The Balaban J connectivity index is 1.89. The van der Waals surface area contributed by atoms with Gasteiger partial charge in [-0.25, -0.2) is 4.79 Å². The van der Waals surface area contributed by atoms with Gasteiger partial charge in [-0.3, -0.25) is 4.79 Å². The molecule has 0 saturated heterocycles. The summed E-state index contributed by atoms with van der Waals surface area (Å²) in [4.78, 5) is 24.0. The molecule has 0 unspecified atom stereocenters. The first-order valence-electron chi connectivity index (χ1n) is 8.18. The van der Waals surface area contributed by atoms with Gasteiger partial charge in [0.05, 0.1) is 13.0 Å². The summed E-state index contributed by atoms with van der Waals surface area (Å²) in [7, 11) is 0. The minimum Gasteiger partial charge on any atom is -0.486 e. The number of carbonyl (C=O) groups is 2. The molecule has 0 bridgehead atoms. The van der Waals surface area contributed by atoms with Crippen LogP contribution in [-0.4, -0.2) is 47.9 Å². The predicted octanol–water partition coefficient (Wildman–Crippen LogP) is 1.21. The predicted molar refractivity (Wildman–Crippen MR) is 90.6 cm³/mol. The maximum Gasteiger partial charge on any atom is 0.340 e. The molecule has 0 fully saturated rings. The molecule has 1 aliphatic rings. The molecule has 2 rings (SSSR count). The molecular weight excluding hydrogens is 326 g/mol. The standard InChI is InChI=1S/C18H25NO6/c1-17(2,3)25-16(21)18(4,22)11-19-15(20)10-12-5-6-13-14(9-12)24-8-7-23-13/h5-6,9,22H,7-8,10-11H2,1-4H3,(H,19,20)/t18-/m1/s1. The molecule has 0 aliphatic carbocycles. The molecule has 1 atom stereocenters. The van der Waals surface area contributed by atoms with Crippen LogP contribution < -0.4 is 14.8 Å². The van der Waals surface area contributed by atoms with Crippen molar-refractivity contribution < 1.29 is 28.9 Å². The van der Waals surface area contributed by atoms with E-state index in [2.05, 4.69) is 5.32 Å². The van der Waals surface area contributed by atoms with Crippen molar-refractivity contribution in [2.24, 2.45) is 0 Å². The molecule has 0 saturated carbocycles. The number of hydrogen-bond acceptors (Lipinski definition) is 6. The van der Waals surface area contributed by atoms with Crippen molar-refractivity contribution in [3.63, 3.8) is 0 Å². The molecule has 138 valence electrons. The van der Waals surface area contributed by atoms with Crippen LogP contribution >= 0.6 is 0 Å². The summed E-state index contributed by atoms with van der Waals surface area (Å²) in [6.45, 7) is 7.19. The Morgan fingerprint density at radius 3 is 2.44 bits per heavy atom. The smallest absolute Gasteiger partial charge is 0.340 e. The van der Waals surface area contributed by atoms with Crippen LogP contribution in [0.2, 0.25) is 0 Å². The molecule has 1 aromatic carbocycles. The van der Waals surface area contributed by atoms with Crippen LogP contribution in [0.1, 0.15) is 33.3 Å². The largest absolute Gasteiger partial charge is 0.486 e. The quantitative estimate of drug-likeness (QED) is 0.775. The number of carbonyl (C=O) groups excluding carboxylic acids is 2. The number of nitrogens with one attached hydrogen (secondary N) is 1. The lowest BCUT2D eigenvalue weighted by atomic mass is 10.1. The van der Waals surface area contributed by atoms with Crippen molar-refractivity contribution in [2.75, 3.05) is 19.8 Å². The fraction of sp³-hybridized carbons (Fsp3) is 0.556. The zero-order valence-corrected chi connectivity index (χ0v) is 15.0. The van der Waals surface area contributed by atoms with Crippen molar-refractivity contribution in [3.8, 4) is 11.5 Å². The minimum atomic E-state index is -1.80. The molecule has 0 spiro atoms. The van der Waals surface area contributed by atoms with E-state index in [4.69, 9.17) is 14.2 Å². The summed E-state index contributed by atoms with van der Waals surface area (Å²) in [5.41, 5.74) is -1.76. The zero-order chi connectivity index (χ0) is 18.7. The Labute approximate surface area is 147 Å². The second-order valence-electron chi connectivity index (χ2n) is 7.21. The second-order valence-corrected chi connectivity index (χ2v) is 7.21. The highest BCUT2D eigenvalue weighted by atomic mass is 16.6. The van der Waals surface area contributed by atoms with E-state index in [9.17, 15) is 14.7 Å². The molecular formula is C18H25NO6. The van der Waals surface area contributed by atoms with Gasteiger partial charge in [0, 0.05) is 0 Å². The van der Waals surface area contributed by atoms with Crippen molar-refractivity contribution in [1.82, 2.24) is 5.32 Å². The van der Waals surface area contributed by atoms with Crippen LogP contribution in [0.15, 0.2) is 18.2 Å². The number of fused-ring (bicyclic) bond motifs is 1. The Morgan fingerprint density at radius 1 is 1.16 bits per heavy atom. The SMILES string of the molecule is CC(C)(C)OC(=O)[C@](C)(O)CNC(=O)Cc1ccc2c(c1)OCCO2. The molecule has 2 N–H and O–H groups in total. The molecule has 7 nitrogen and oxygen atoms in total. The van der Waals surface area contributed by atoms with E-state index in [1.807, 2.05) is 0 Å². The van der Waals surface area contributed by atoms with Crippen LogP contribution in [0.3, 0.4) is 0 Å². The van der Waals surface area contributed by atoms with Crippen molar-refractivity contribution in [2.45, 2.75) is 45.3 Å². The molecule has 0 radical (unpaired) electrons. The number of rotatable bonds is 5. The van der Waals surface area contributed by atoms with Gasteiger partial charge in [0.2, 0.25) is 5.91 Å². The maximum absolute atomic E-state index is 12.1. The second kappa shape index (κ2) is 7.31. The number of aliphatic hydroxyl groups is 1. The van der Waals surface area contributed by atoms with E-state index in [1.54, 1.807) is 39.0 Å². The molecule has 1 aromatic rings. The summed E-state index contributed by atoms with van der Waals surface area (Å²) in [5.74, 6) is 0.167. The normalized spacial score (nSPS) is 15.9. The lowest BCUT2D eigenvalue weighted by Crippen LogP contribution is -2.49. The fourth-order valence-electron chi connectivity index (χ4n) is 2.18. The minimum absolute atomic E-state index is 0.0983. The number of benzene rings is 1. The van der Waals surface area contributed by atoms with Gasteiger partial charge in [0.15, 0.2) is 17.1 Å². The van der Waals surface area contributed by atoms with Crippen molar-refractivity contribution in [1.29, 1.82) is 0 Å². The third-order valence-corrected chi connectivity index (χ3v) is 3.44. The van der Waals surface area contributed by atoms with Crippen LogP contribution in [0.4, 0.5) is 0 Å². The third kappa shape index (κ3) is 5.63. The van der Waals surface area contributed by atoms with Gasteiger partial charge in [-0.05, 0) is 45.4 Å².